The van der Waals surface area contributed by atoms with Crippen molar-refractivity contribution in [2.45, 2.75) is 32.3 Å². The number of hydrogen-bond acceptors (Lipinski definition) is 4. The van der Waals surface area contributed by atoms with Crippen molar-refractivity contribution in [3.8, 4) is 0 Å². The average molecular weight is 278 g/mol. The highest BCUT2D eigenvalue weighted by Crippen LogP contribution is 2.27. The second kappa shape index (κ2) is 5.20. The molecule has 1 amide bonds. The summed E-state index contributed by atoms with van der Waals surface area (Å²) in [4.78, 5) is 24.6. The van der Waals surface area contributed by atoms with E-state index in [1.165, 1.54) is 11.0 Å². The number of nitrogens with zero attached hydrogens (tertiary/aromatic N) is 2. The number of nitro benzene ring substituents is 1. The van der Waals surface area contributed by atoms with E-state index in [1.54, 1.807) is 26.0 Å². The third-order valence-corrected chi connectivity index (χ3v) is 3.62. The summed E-state index contributed by atoms with van der Waals surface area (Å²) in [5.74, 6) is -0.380. The molecule has 1 saturated heterocycles. The van der Waals surface area contributed by atoms with Crippen molar-refractivity contribution >= 4 is 11.6 Å². The third-order valence-electron chi connectivity index (χ3n) is 3.62. The Morgan fingerprint density at radius 1 is 1.50 bits per heavy atom. The Hall–Kier alpha value is -1.95. The molecule has 1 unspecified atom stereocenters. The molecule has 0 radical (unpaired) electrons. The van der Waals surface area contributed by atoms with Crippen molar-refractivity contribution in [2.24, 2.45) is 0 Å². The molecular weight excluding hydrogens is 260 g/mol. The maximum atomic E-state index is 12.5. The molecule has 20 heavy (non-hydrogen) atoms. The van der Waals surface area contributed by atoms with Crippen LogP contribution in [0, 0.1) is 17.0 Å². The number of piperidine rings is 1. The molecule has 1 N–H and O–H groups in total. The minimum absolute atomic E-state index is 0.121. The van der Waals surface area contributed by atoms with Crippen LogP contribution >= 0.6 is 0 Å². The quantitative estimate of drug-likeness (QED) is 0.661. The first-order valence-electron chi connectivity index (χ1n) is 6.57. The second-order valence-electron chi connectivity index (χ2n) is 5.55. The largest absolute Gasteiger partial charge is 0.388 e. The molecular formula is C14H18N2O4. The molecule has 6 nitrogen and oxygen atoms in total. The van der Waals surface area contributed by atoms with Gasteiger partial charge in [0.05, 0.1) is 10.5 Å². The maximum absolute atomic E-state index is 12.5. The molecule has 0 aliphatic carbocycles. The fourth-order valence-corrected chi connectivity index (χ4v) is 2.63. The number of likely N-dealkylation sites (tertiary alicyclic amines) is 1. The lowest BCUT2D eigenvalue weighted by atomic mass is 9.94. The van der Waals surface area contributed by atoms with Crippen LogP contribution in [0.1, 0.15) is 35.7 Å². The molecule has 108 valence electrons. The number of carbonyl (C=O) groups excluding carboxylic acids is 1. The summed E-state index contributed by atoms with van der Waals surface area (Å²) >= 11 is 0. The van der Waals surface area contributed by atoms with Crippen LogP contribution in [0.2, 0.25) is 0 Å². The highest BCUT2D eigenvalue weighted by atomic mass is 16.6. The highest BCUT2D eigenvalue weighted by Gasteiger charge is 2.34. The smallest absolute Gasteiger partial charge is 0.282 e. The number of benzene rings is 1. The van der Waals surface area contributed by atoms with E-state index in [-0.39, 0.29) is 23.7 Å². The van der Waals surface area contributed by atoms with Gasteiger partial charge in [0.25, 0.3) is 11.6 Å². The van der Waals surface area contributed by atoms with Crippen molar-refractivity contribution in [3.05, 3.63) is 39.4 Å². The Balaban J connectivity index is 2.36. The first-order chi connectivity index (χ1) is 9.32. The van der Waals surface area contributed by atoms with Crippen LogP contribution in [-0.2, 0) is 0 Å². The number of amides is 1. The first kappa shape index (κ1) is 14.5. The van der Waals surface area contributed by atoms with Gasteiger partial charge in [0, 0.05) is 19.2 Å². The SMILES string of the molecule is Cc1cccc([N+](=O)[O-])c1C(=O)N1CCCC(C)(O)C1. The van der Waals surface area contributed by atoms with Crippen molar-refractivity contribution in [2.75, 3.05) is 13.1 Å². The number of hydrogen-bond donors (Lipinski definition) is 1. The van der Waals surface area contributed by atoms with Crippen LogP contribution in [0.15, 0.2) is 18.2 Å². The van der Waals surface area contributed by atoms with Crippen molar-refractivity contribution in [1.29, 1.82) is 0 Å². The summed E-state index contributed by atoms with van der Waals surface area (Å²) in [7, 11) is 0. The molecule has 1 aromatic carbocycles. The van der Waals surface area contributed by atoms with Gasteiger partial charge in [-0.1, -0.05) is 12.1 Å². The Morgan fingerprint density at radius 2 is 2.20 bits per heavy atom. The maximum Gasteiger partial charge on any atom is 0.282 e. The van der Waals surface area contributed by atoms with Gasteiger partial charge in [-0.3, -0.25) is 14.9 Å². The summed E-state index contributed by atoms with van der Waals surface area (Å²) in [6.07, 6.45) is 1.32. The molecule has 1 atom stereocenters. The zero-order valence-corrected chi connectivity index (χ0v) is 11.6. The summed E-state index contributed by atoms with van der Waals surface area (Å²) in [5.41, 5.74) is -0.407. The van der Waals surface area contributed by atoms with E-state index in [2.05, 4.69) is 0 Å². The summed E-state index contributed by atoms with van der Waals surface area (Å²) < 4.78 is 0. The van der Waals surface area contributed by atoms with E-state index in [0.29, 0.717) is 24.9 Å². The van der Waals surface area contributed by atoms with Crippen LogP contribution in [0.5, 0.6) is 0 Å². The molecule has 1 heterocycles. The van der Waals surface area contributed by atoms with Crippen molar-refractivity contribution in [3.63, 3.8) is 0 Å². The normalized spacial score (nSPS) is 22.6. The van der Waals surface area contributed by atoms with E-state index in [1.807, 2.05) is 0 Å². The standard InChI is InChI=1S/C14H18N2O4/c1-10-5-3-6-11(16(19)20)12(10)13(17)15-8-4-7-14(2,18)9-15/h3,5-6,18H,4,7-9H2,1-2H3. The van der Waals surface area contributed by atoms with Crippen molar-refractivity contribution < 1.29 is 14.8 Å². The lowest BCUT2D eigenvalue weighted by Gasteiger charge is -2.36. The number of rotatable bonds is 2. The molecule has 0 bridgehead atoms. The molecule has 0 spiro atoms. The Bertz CT molecular complexity index is 554. The van der Waals surface area contributed by atoms with Gasteiger partial charge in [-0.15, -0.1) is 0 Å². The van der Waals surface area contributed by atoms with Gasteiger partial charge < -0.3 is 10.0 Å². The lowest BCUT2D eigenvalue weighted by molar-refractivity contribution is -0.385. The lowest BCUT2D eigenvalue weighted by Crippen LogP contribution is -2.48. The van der Waals surface area contributed by atoms with Crippen LogP contribution in [-0.4, -0.2) is 39.5 Å². The zero-order valence-electron chi connectivity index (χ0n) is 11.6. The summed E-state index contributed by atoms with van der Waals surface area (Å²) in [6, 6.07) is 4.58. The van der Waals surface area contributed by atoms with Gasteiger partial charge >= 0.3 is 0 Å². The Morgan fingerprint density at radius 3 is 2.80 bits per heavy atom. The first-order valence-corrected chi connectivity index (χ1v) is 6.57. The molecule has 1 aromatic rings. The predicted molar refractivity (Wildman–Crippen MR) is 73.6 cm³/mol. The van der Waals surface area contributed by atoms with Gasteiger partial charge in [-0.25, -0.2) is 0 Å². The Kier molecular flexibility index (Phi) is 3.76. The molecule has 6 heteroatoms. The van der Waals surface area contributed by atoms with E-state index in [4.69, 9.17) is 0 Å². The molecule has 2 rings (SSSR count). The molecule has 1 aliphatic heterocycles. The zero-order chi connectivity index (χ0) is 14.9. The minimum Gasteiger partial charge on any atom is -0.388 e. The number of β-amino-alcohol motifs (C(OH)–C–C–N with tert-alkyl or cyclic N) is 1. The fraction of sp³-hybridized carbons (Fsp3) is 0.500. The topological polar surface area (TPSA) is 83.7 Å². The fourth-order valence-electron chi connectivity index (χ4n) is 2.63. The minimum atomic E-state index is -0.925. The molecule has 1 aliphatic rings. The van der Waals surface area contributed by atoms with Gasteiger partial charge in [-0.05, 0) is 32.3 Å². The van der Waals surface area contributed by atoms with Crippen LogP contribution in [0.25, 0.3) is 0 Å². The molecule has 1 fully saturated rings. The van der Waals surface area contributed by atoms with E-state index in [9.17, 15) is 20.0 Å². The highest BCUT2D eigenvalue weighted by molar-refractivity contribution is 5.99. The predicted octanol–water partition coefficient (Wildman–Crippen LogP) is 1.89. The summed E-state index contributed by atoms with van der Waals surface area (Å²) in [6.45, 7) is 4.08. The van der Waals surface area contributed by atoms with Crippen LogP contribution < -0.4 is 0 Å². The summed E-state index contributed by atoms with van der Waals surface area (Å²) in [5, 5.41) is 21.1. The monoisotopic (exact) mass is 278 g/mol. The van der Waals surface area contributed by atoms with E-state index < -0.39 is 10.5 Å². The van der Waals surface area contributed by atoms with Crippen LogP contribution in [0.3, 0.4) is 0 Å². The number of aliphatic hydroxyl groups is 1. The molecule has 0 aromatic heterocycles. The van der Waals surface area contributed by atoms with Gasteiger partial charge in [0.1, 0.15) is 5.56 Å². The average Bonchev–Trinajstić information content (AvgIpc) is 2.36. The van der Waals surface area contributed by atoms with E-state index >= 15 is 0 Å². The Labute approximate surface area is 117 Å². The van der Waals surface area contributed by atoms with Gasteiger partial charge in [0.15, 0.2) is 0 Å². The second-order valence-corrected chi connectivity index (χ2v) is 5.55. The molecule has 0 saturated carbocycles. The number of aryl methyl sites for hydroxylation is 1. The number of carbonyl (C=O) groups is 1. The number of nitro groups is 1. The third kappa shape index (κ3) is 2.80. The van der Waals surface area contributed by atoms with Crippen LogP contribution in [0.4, 0.5) is 5.69 Å². The van der Waals surface area contributed by atoms with Gasteiger partial charge in [-0.2, -0.15) is 0 Å². The van der Waals surface area contributed by atoms with Crippen molar-refractivity contribution in [1.82, 2.24) is 4.90 Å². The van der Waals surface area contributed by atoms with Gasteiger partial charge in [0.2, 0.25) is 0 Å². The van der Waals surface area contributed by atoms with E-state index in [0.717, 1.165) is 0 Å².